The number of carbonyl (C=O) groups is 2. The fourth-order valence-corrected chi connectivity index (χ4v) is 2.02. The summed E-state index contributed by atoms with van der Waals surface area (Å²) in [4.78, 5) is 29.5. The van der Waals surface area contributed by atoms with E-state index in [1.807, 2.05) is 19.1 Å². The minimum absolute atomic E-state index is 0.208. The van der Waals surface area contributed by atoms with E-state index in [0.29, 0.717) is 25.3 Å². The van der Waals surface area contributed by atoms with Crippen molar-refractivity contribution in [3.8, 4) is 0 Å². The number of nitrogens with zero attached hydrogens (tertiary/aromatic N) is 2. The van der Waals surface area contributed by atoms with Crippen LogP contribution in [-0.4, -0.2) is 34.8 Å². The van der Waals surface area contributed by atoms with Gasteiger partial charge in [0.15, 0.2) is 0 Å². The van der Waals surface area contributed by atoms with Gasteiger partial charge in [0.2, 0.25) is 0 Å². The summed E-state index contributed by atoms with van der Waals surface area (Å²) in [5.41, 5.74) is 1.08. The zero-order chi connectivity index (χ0) is 15.8. The standard InChI is InChI=1S/C16H19N3O3/c1-2-19(10-7-13-5-8-17-9-6-13)16(21)15(20)18-12-14-4-3-11-22-14/h3-6,8-9,11H,2,7,10,12H2,1H3,(H,18,20). The number of likely N-dealkylation sites (N-methyl/N-ethyl adjacent to an activating group) is 1. The largest absolute Gasteiger partial charge is 0.467 e. The lowest BCUT2D eigenvalue weighted by Gasteiger charge is -2.20. The SMILES string of the molecule is CCN(CCc1ccncc1)C(=O)C(=O)NCc1ccco1. The normalized spacial score (nSPS) is 10.2. The van der Waals surface area contributed by atoms with Crippen LogP contribution in [0.15, 0.2) is 47.3 Å². The molecule has 0 saturated heterocycles. The predicted octanol–water partition coefficient (Wildman–Crippen LogP) is 1.38. The number of carbonyl (C=O) groups excluding carboxylic acids is 2. The van der Waals surface area contributed by atoms with Crippen molar-refractivity contribution in [2.75, 3.05) is 13.1 Å². The maximum absolute atomic E-state index is 12.1. The first-order valence-corrected chi connectivity index (χ1v) is 7.19. The summed E-state index contributed by atoms with van der Waals surface area (Å²) < 4.78 is 5.11. The van der Waals surface area contributed by atoms with Crippen LogP contribution in [0, 0.1) is 0 Å². The molecule has 1 N–H and O–H groups in total. The molecule has 0 saturated carbocycles. The number of hydrogen-bond donors (Lipinski definition) is 1. The molecule has 0 radical (unpaired) electrons. The van der Waals surface area contributed by atoms with Crippen LogP contribution in [0.5, 0.6) is 0 Å². The zero-order valence-electron chi connectivity index (χ0n) is 12.5. The van der Waals surface area contributed by atoms with Gasteiger partial charge in [-0.3, -0.25) is 14.6 Å². The van der Waals surface area contributed by atoms with Crippen LogP contribution in [0.3, 0.4) is 0 Å². The molecule has 0 aromatic carbocycles. The molecule has 0 bridgehead atoms. The summed E-state index contributed by atoms with van der Waals surface area (Å²) in [7, 11) is 0. The van der Waals surface area contributed by atoms with Crippen LogP contribution >= 0.6 is 0 Å². The Morgan fingerprint density at radius 3 is 2.68 bits per heavy atom. The molecule has 0 aliphatic rings. The third kappa shape index (κ3) is 4.44. The second-order valence-electron chi connectivity index (χ2n) is 4.75. The van der Waals surface area contributed by atoms with Crippen LogP contribution in [-0.2, 0) is 22.6 Å². The summed E-state index contributed by atoms with van der Waals surface area (Å²) in [6, 6.07) is 7.27. The maximum atomic E-state index is 12.1. The molecule has 6 nitrogen and oxygen atoms in total. The van der Waals surface area contributed by atoms with E-state index >= 15 is 0 Å². The number of aromatic nitrogens is 1. The zero-order valence-corrected chi connectivity index (χ0v) is 12.5. The van der Waals surface area contributed by atoms with Gasteiger partial charge in [0.05, 0.1) is 12.8 Å². The molecule has 6 heteroatoms. The summed E-state index contributed by atoms with van der Waals surface area (Å²) in [6.07, 6.45) is 5.64. The van der Waals surface area contributed by atoms with Gasteiger partial charge in [-0.2, -0.15) is 0 Å². The van der Waals surface area contributed by atoms with Gasteiger partial charge in [-0.05, 0) is 43.2 Å². The van der Waals surface area contributed by atoms with Gasteiger partial charge in [0.25, 0.3) is 0 Å². The Kier molecular flexibility index (Phi) is 5.71. The number of nitrogens with one attached hydrogen (secondary N) is 1. The highest BCUT2D eigenvalue weighted by atomic mass is 16.3. The van der Waals surface area contributed by atoms with Gasteiger partial charge in [-0.25, -0.2) is 0 Å². The predicted molar refractivity (Wildman–Crippen MR) is 80.7 cm³/mol. The molecule has 2 rings (SSSR count). The smallest absolute Gasteiger partial charge is 0.311 e. The number of hydrogen-bond acceptors (Lipinski definition) is 4. The Labute approximate surface area is 129 Å². The van der Waals surface area contributed by atoms with Crippen molar-refractivity contribution in [3.05, 3.63) is 54.2 Å². The fraction of sp³-hybridized carbons (Fsp3) is 0.312. The lowest BCUT2D eigenvalue weighted by Crippen LogP contribution is -2.43. The summed E-state index contributed by atoms with van der Waals surface area (Å²) in [5.74, 6) is -0.530. The van der Waals surface area contributed by atoms with Gasteiger partial charge in [0.1, 0.15) is 5.76 Å². The molecule has 2 aromatic rings. The van der Waals surface area contributed by atoms with Crippen LogP contribution in [0.2, 0.25) is 0 Å². The molecule has 2 heterocycles. The minimum atomic E-state index is -0.618. The Hall–Kier alpha value is -2.63. The van der Waals surface area contributed by atoms with Crippen molar-refractivity contribution < 1.29 is 14.0 Å². The highest BCUT2D eigenvalue weighted by molar-refractivity contribution is 6.34. The third-order valence-electron chi connectivity index (χ3n) is 3.29. The van der Waals surface area contributed by atoms with Gasteiger partial charge in [-0.1, -0.05) is 0 Å². The summed E-state index contributed by atoms with van der Waals surface area (Å²) in [6.45, 7) is 3.04. The molecule has 0 unspecified atom stereocenters. The number of furan rings is 1. The van der Waals surface area contributed by atoms with Gasteiger partial charge in [-0.15, -0.1) is 0 Å². The van der Waals surface area contributed by atoms with Crippen LogP contribution < -0.4 is 5.32 Å². The van der Waals surface area contributed by atoms with E-state index in [1.165, 1.54) is 11.2 Å². The van der Waals surface area contributed by atoms with E-state index in [9.17, 15) is 9.59 Å². The maximum Gasteiger partial charge on any atom is 0.311 e. The van der Waals surface area contributed by atoms with Crippen molar-refractivity contribution in [2.45, 2.75) is 19.9 Å². The second kappa shape index (κ2) is 7.97. The van der Waals surface area contributed by atoms with E-state index in [4.69, 9.17) is 4.42 Å². The summed E-state index contributed by atoms with van der Waals surface area (Å²) >= 11 is 0. The van der Waals surface area contributed by atoms with Crippen LogP contribution in [0.25, 0.3) is 0 Å². The first-order chi connectivity index (χ1) is 10.7. The van der Waals surface area contributed by atoms with Crippen molar-refractivity contribution in [1.82, 2.24) is 15.2 Å². The number of pyridine rings is 1. The van der Waals surface area contributed by atoms with E-state index in [2.05, 4.69) is 10.3 Å². The highest BCUT2D eigenvalue weighted by Crippen LogP contribution is 2.02. The monoisotopic (exact) mass is 301 g/mol. The van der Waals surface area contributed by atoms with E-state index in [1.54, 1.807) is 24.5 Å². The van der Waals surface area contributed by atoms with E-state index in [-0.39, 0.29) is 6.54 Å². The van der Waals surface area contributed by atoms with E-state index in [0.717, 1.165) is 5.56 Å². The molecule has 22 heavy (non-hydrogen) atoms. The molecule has 2 aromatic heterocycles. The van der Waals surface area contributed by atoms with Gasteiger partial charge in [0, 0.05) is 25.5 Å². The number of amides is 2. The molecule has 2 amide bonds. The molecule has 0 atom stereocenters. The third-order valence-corrected chi connectivity index (χ3v) is 3.29. The topological polar surface area (TPSA) is 75.4 Å². The van der Waals surface area contributed by atoms with Crippen molar-refractivity contribution in [1.29, 1.82) is 0 Å². The van der Waals surface area contributed by atoms with Gasteiger partial charge >= 0.3 is 11.8 Å². The number of rotatable bonds is 6. The average Bonchev–Trinajstić information content (AvgIpc) is 3.07. The fourth-order valence-electron chi connectivity index (χ4n) is 2.02. The first kappa shape index (κ1) is 15.8. The average molecular weight is 301 g/mol. The van der Waals surface area contributed by atoms with Crippen molar-refractivity contribution in [3.63, 3.8) is 0 Å². The molecular formula is C16H19N3O3. The van der Waals surface area contributed by atoms with E-state index < -0.39 is 11.8 Å². The molecule has 0 aliphatic carbocycles. The lowest BCUT2D eigenvalue weighted by molar-refractivity contribution is -0.145. The Bertz CT molecular complexity index is 596. The second-order valence-corrected chi connectivity index (χ2v) is 4.75. The highest BCUT2D eigenvalue weighted by Gasteiger charge is 2.20. The first-order valence-electron chi connectivity index (χ1n) is 7.19. The Morgan fingerprint density at radius 1 is 1.27 bits per heavy atom. The van der Waals surface area contributed by atoms with Crippen LogP contribution in [0.1, 0.15) is 18.2 Å². The quantitative estimate of drug-likeness (QED) is 0.818. The van der Waals surface area contributed by atoms with Gasteiger partial charge < -0.3 is 14.6 Å². The van der Waals surface area contributed by atoms with Crippen molar-refractivity contribution >= 4 is 11.8 Å². The minimum Gasteiger partial charge on any atom is -0.467 e. The molecule has 0 spiro atoms. The Morgan fingerprint density at radius 2 is 2.05 bits per heavy atom. The molecule has 0 fully saturated rings. The lowest BCUT2D eigenvalue weighted by atomic mass is 10.2. The Balaban J connectivity index is 1.83. The van der Waals surface area contributed by atoms with Crippen molar-refractivity contribution in [2.24, 2.45) is 0 Å². The van der Waals surface area contributed by atoms with Crippen LogP contribution in [0.4, 0.5) is 0 Å². The summed E-state index contributed by atoms with van der Waals surface area (Å²) in [5, 5.41) is 2.56. The molecule has 116 valence electrons. The molecule has 0 aliphatic heterocycles. The molecular weight excluding hydrogens is 282 g/mol.